The summed E-state index contributed by atoms with van der Waals surface area (Å²) in [6.07, 6.45) is 2.71. The van der Waals surface area contributed by atoms with Gasteiger partial charge in [-0.2, -0.15) is 0 Å². The number of carbonyl (C=O) groups excluding carboxylic acids is 1. The van der Waals surface area contributed by atoms with E-state index in [9.17, 15) is 13.2 Å². The number of carbonyl (C=O) groups is 1. The van der Waals surface area contributed by atoms with Gasteiger partial charge in [0.25, 0.3) is 5.91 Å². The summed E-state index contributed by atoms with van der Waals surface area (Å²) < 4.78 is 24.5. The van der Waals surface area contributed by atoms with Crippen LogP contribution < -0.4 is 4.72 Å². The standard InChI is InChI=1S/C17H28N2O3S/c1-13(2)12-14(3)19(4)17(20)16-8-6-15(7-9-16)10-11-18-23(5,21)22/h6-9,13-14,18H,10-12H2,1-5H3/t14-/m0/s1. The largest absolute Gasteiger partial charge is 0.339 e. The molecule has 0 aliphatic heterocycles. The average Bonchev–Trinajstić information content (AvgIpc) is 2.44. The lowest BCUT2D eigenvalue weighted by Gasteiger charge is -2.26. The summed E-state index contributed by atoms with van der Waals surface area (Å²) in [5, 5.41) is 0. The minimum atomic E-state index is -3.16. The van der Waals surface area contributed by atoms with Crippen molar-refractivity contribution >= 4 is 15.9 Å². The van der Waals surface area contributed by atoms with Crippen molar-refractivity contribution in [2.75, 3.05) is 19.8 Å². The van der Waals surface area contributed by atoms with E-state index in [4.69, 9.17) is 0 Å². The molecule has 1 amide bonds. The van der Waals surface area contributed by atoms with Crippen molar-refractivity contribution in [2.24, 2.45) is 5.92 Å². The quantitative estimate of drug-likeness (QED) is 0.789. The summed E-state index contributed by atoms with van der Waals surface area (Å²) in [5.74, 6) is 0.559. The third-order valence-corrected chi connectivity index (χ3v) is 4.50. The lowest BCUT2D eigenvalue weighted by molar-refractivity contribution is 0.0728. The molecule has 0 unspecified atom stereocenters. The van der Waals surface area contributed by atoms with Crippen molar-refractivity contribution in [1.82, 2.24) is 9.62 Å². The number of sulfonamides is 1. The zero-order valence-electron chi connectivity index (χ0n) is 14.7. The molecule has 0 aromatic heterocycles. The van der Waals surface area contributed by atoms with E-state index >= 15 is 0 Å². The normalized spacial score (nSPS) is 13.1. The zero-order chi connectivity index (χ0) is 17.6. The van der Waals surface area contributed by atoms with E-state index in [1.165, 1.54) is 0 Å². The Kier molecular flexibility index (Phi) is 7.22. The maximum absolute atomic E-state index is 12.5. The molecular formula is C17H28N2O3S. The van der Waals surface area contributed by atoms with Gasteiger partial charge in [0.2, 0.25) is 10.0 Å². The molecule has 1 aromatic rings. The summed E-state index contributed by atoms with van der Waals surface area (Å²) in [4.78, 5) is 14.2. The van der Waals surface area contributed by atoms with E-state index in [2.05, 4.69) is 25.5 Å². The average molecular weight is 340 g/mol. The van der Waals surface area contributed by atoms with Crippen molar-refractivity contribution in [3.63, 3.8) is 0 Å². The number of rotatable bonds is 8. The monoisotopic (exact) mass is 340 g/mol. The molecule has 130 valence electrons. The van der Waals surface area contributed by atoms with Crippen LogP contribution in [0.25, 0.3) is 0 Å². The van der Waals surface area contributed by atoms with Gasteiger partial charge in [0.15, 0.2) is 0 Å². The highest BCUT2D eigenvalue weighted by molar-refractivity contribution is 7.88. The number of hydrogen-bond donors (Lipinski definition) is 1. The Bertz CT molecular complexity index is 609. The fraction of sp³-hybridized carbons (Fsp3) is 0.588. The predicted molar refractivity (Wildman–Crippen MR) is 94.0 cm³/mol. The van der Waals surface area contributed by atoms with Gasteiger partial charge < -0.3 is 4.90 Å². The Morgan fingerprint density at radius 1 is 1.17 bits per heavy atom. The van der Waals surface area contributed by atoms with Gasteiger partial charge in [-0.05, 0) is 43.4 Å². The van der Waals surface area contributed by atoms with Gasteiger partial charge in [0.05, 0.1) is 6.26 Å². The highest BCUT2D eigenvalue weighted by Gasteiger charge is 2.18. The summed E-state index contributed by atoms with van der Waals surface area (Å²) in [6, 6.07) is 7.55. The van der Waals surface area contributed by atoms with Crippen LogP contribution in [0.15, 0.2) is 24.3 Å². The van der Waals surface area contributed by atoms with E-state index < -0.39 is 10.0 Å². The van der Waals surface area contributed by atoms with Gasteiger partial charge in [-0.25, -0.2) is 13.1 Å². The Labute approximate surface area is 140 Å². The van der Waals surface area contributed by atoms with Crippen molar-refractivity contribution in [3.05, 3.63) is 35.4 Å². The maximum Gasteiger partial charge on any atom is 0.253 e. The van der Waals surface area contributed by atoms with Gasteiger partial charge in [0.1, 0.15) is 0 Å². The maximum atomic E-state index is 12.5. The lowest BCUT2D eigenvalue weighted by Crippen LogP contribution is -2.35. The molecule has 0 radical (unpaired) electrons. The second kappa shape index (κ2) is 8.45. The Balaban J connectivity index is 2.63. The van der Waals surface area contributed by atoms with E-state index in [0.717, 1.165) is 18.2 Å². The van der Waals surface area contributed by atoms with E-state index in [1.54, 1.807) is 17.0 Å². The van der Waals surface area contributed by atoms with Crippen molar-refractivity contribution in [3.8, 4) is 0 Å². The van der Waals surface area contributed by atoms with Crippen LogP contribution in [-0.2, 0) is 16.4 Å². The molecule has 5 nitrogen and oxygen atoms in total. The Hall–Kier alpha value is -1.40. The molecule has 6 heteroatoms. The molecule has 0 fully saturated rings. The van der Waals surface area contributed by atoms with Gasteiger partial charge in [-0.15, -0.1) is 0 Å². The van der Waals surface area contributed by atoms with E-state index in [0.29, 0.717) is 24.4 Å². The van der Waals surface area contributed by atoms with Gasteiger partial charge in [-0.3, -0.25) is 4.79 Å². The fourth-order valence-electron chi connectivity index (χ4n) is 2.44. The molecule has 0 bridgehead atoms. The van der Waals surface area contributed by atoms with E-state index in [1.807, 2.05) is 19.2 Å². The molecule has 1 atom stereocenters. The topological polar surface area (TPSA) is 66.5 Å². The van der Waals surface area contributed by atoms with Crippen LogP contribution in [-0.4, -0.2) is 45.1 Å². The SMILES string of the molecule is CC(C)C[C@H](C)N(C)C(=O)c1ccc(CCNS(C)(=O)=O)cc1. The molecule has 0 spiro atoms. The van der Waals surface area contributed by atoms with Crippen molar-refractivity contribution in [1.29, 1.82) is 0 Å². The van der Waals surface area contributed by atoms with Crippen molar-refractivity contribution in [2.45, 2.75) is 39.7 Å². The van der Waals surface area contributed by atoms with Crippen LogP contribution in [0.2, 0.25) is 0 Å². The van der Waals surface area contributed by atoms with Gasteiger partial charge >= 0.3 is 0 Å². The molecule has 0 aliphatic carbocycles. The smallest absolute Gasteiger partial charge is 0.253 e. The number of hydrogen-bond acceptors (Lipinski definition) is 3. The summed E-state index contributed by atoms with van der Waals surface area (Å²) >= 11 is 0. The first-order valence-electron chi connectivity index (χ1n) is 7.91. The minimum absolute atomic E-state index is 0.0129. The Morgan fingerprint density at radius 3 is 2.22 bits per heavy atom. The molecular weight excluding hydrogens is 312 g/mol. The van der Waals surface area contributed by atoms with Crippen LogP contribution in [0.5, 0.6) is 0 Å². The fourth-order valence-corrected chi connectivity index (χ4v) is 2.91. The summed E-state index contributed by atoms with van der Waals surface area (Å²) in [7, 11) is -1.32. The van der Waals surface area contributed by atoms with Gasteiger partial charge in [0, 0.05) is 25.2 Å². The third-order valence-electron chi connectivity index (χ3n) is 3.77. The predicted octanol–water partition coefficient (Wildman–Crippen LogP) is 2.28. The first-order valence-corrected chi connectivity index (χ1v) is 9.80. The molecule has 0 saturated carbocycles. The summed E-state index contributed by atoms with van der Waals surface area (Å²) in [6.45, 7) is 6.71. The molecule has 0 aliphatic rings. The van der Waals surface area contributed by atoms with E-state index in [-0.39, 0.29) is 11.9 Å². The van der Waals surface area contributed by atoms with Crippen molar-refractivity contribution < 1.29 is 13.2 Å². The number of nitrogens with one attached hydrogen (secondary N) is 1. The lowest BCUT2D eigenvalue weighted by atomic mass is 10.0. The first-order chi connectivity index (χ1) is 10.6. The van der Waals surface area contributed by atoms with Gasteiger partial charge in [-0.1, -0.05) is 26.0 Å². The second-order valence-corrected chi connectivity index (χ2v) is 8.34. The minimum Gasteiger partial charge on any atom is -0.339 e. The zero-order valence-corrected chi connectivity index (χ0v) is 15.5. The second-order valence-electron chi connectivity index (χ2n) is 6.51. The number of amides is 1. The first kappa shape index (κ1) is 19.6. The molecule has 23 heavy (non-hydrogen) atoms. The molecule has 1 aromatic carbocycles. The molecule has 1 N–H and O–H groups in total. The van der Waals surface area contributed by atoms with Crippen LogP contribution in [0, 0.1) is 5.92 Å². The van der Waals surface area contributed by atoms with Crippen LogP contribution >= 0.6 is 0 Å². The highest BCUT2D eigenvalue weighted by Crippen LogP contribution is 2.14. The molecule has 0 heterocycles. The number of nitrogens with zero attached hydrogens (tertiary/aromatic N) is 1. The molecule has 0 saturated heterocycles. The van der Waals surface area contributed by atoms with Crippen LogP contribution in [0.3, 0.4) is 0 Å². The third kappa shape index (κ3) is 7.14. The molecule has 1 rings (SSSR count). The van der Waals surface area contributed by atoms with Crippen LogP contribution in [0.4, 0.5) is 0 Å². The highest BCUT2D eigenvalue weighted by atomic mass is 32.2. The number of benzene rings is 1. The Morgan fingerprint density at radius 2 is 1.74 bits per heavy atom. The summed E-state index contributed by atoms with van der Waals surface area (Å²) in [5.41, 5.74) is 1.65. The van der Waals surface area contributed by atoms with Crippen LogP contribution in [0.1, 0.15) is 43.1 Å².